The quantitative estimate of drug-likeness (QED) is 0.463. The van der Waals surface area contributed by atoms with Gasteiger partial charge < -0.3 is 19.3 Å². The summed E-state index contributed by atoms with van der Waals surface area (Å²) in [6.07, 6.45) is 1.86. The molecule has 0 saturated heterocycles. The van der Waals surface area contributed by atoms with Crippen LogP contribution < -0.4 is 11.1 Å². The first kappa shape index (κ1) is 23.8. The number of aryl methyl sites for hydroxylation is 2. The first-order valence-electron chi connectivity index (χ1n) is 10.7. The first-order chi connectivity index (χ1) is 15.7. The number of anilines is 1. The van der Waals surface area contributed by atoms with Crippen molar-refractivity contribution in [2.45, 2.75) is 46.5 Å². The molecule has 0 spiro atoms. The topological polar surface area (TPSA) is 138 Å². The number of benzene rings is 1. The van der Waals surface area contributed by atoms with E-state index in [1.807, 2.05) is 24.3 Å². The summed E-state index contributed by atoms with van der Waals surface area (Å²) in [7, 11) is 0. The number of oxazole rings is 1. The highest BCUT2D eigenvalue weighted by Crippen LogP contribution is 2.28. The highest BCUT2D eigenvalue weighted by Gasteiger charge is 2.29. The summed E-state index contributed by atoms with van der Waals surface area (Å²) in [5.41, 5.74) is 7.21. The number of ether oxygens (including phenoxy) is 1. The van der Waals surface area contributed by atoms with Crippen LogP contribution in [-0.2, 0) is 16.0 Å². The molecule has 2 heterocycles. The van der Waals surface area contributed by atoms with Gasteiger partial charge in [-0.2, -0.15) is 0 Å². The predicted octanol–water partition coefficient (Wildman–Crippen LogP) is 4.21. The van der Waals surface area contributed by atoms with Crippen molar-refractivity contribution < 1.29 is 28.0 Å². The van der Waals surface area contributed by atoms with Gasteiger partial charge in [0.15, 0.2) is 11.7 Å². The Morgan fingerprint density at radius 2 is 1.82 bits per heavy atom. The van der Waals surface area contributed by atoms with E-state index in [0.29, 0.717) is 17.6 Å². The number of hydrogen-bond acceptors (Lipinski definition) is 7. The Hall–Kier alpha value is -3.88. The van der Waals surface area contributed by atoms with Crippen LogP contribution in [-0.4, -0.2) is 29.4 Å². The molecule has 0 aliphatic carbocycles. The van der Waals surface area contributed by atoms with Gasteiger partial charge in [0.1, 0.15) is 16.9 Å². The van der Waals surface area contributed by atoms with Gasteiger partial charge in [-0.3, -0.25) is 14.9 Å². The fourth-order valence-corrected chi connectivity index (χ4v) is 3.32. The number of nitrogens with one attached hydrogen (secondary N) is 1. The van der Waals surface area contributed by atoms with Gasteiger partial charge in [-0.15, -0.1) is 0 Å². The number of rotatable bonds is 9. The number of carbonyl (C=O) groups is 3. The Morgan fingerprint density at radius 3 is 2.42 bits per heavy atom. The number of aromatic nitrogens is 1. The van der Waals surface area contributed by atoms with E-state index >= 15 is 0 Å². The molecule has 1 aromatic carbocycles. The van der Waals surface area contributed by atoms with E-state index in [0.717, 1.165) is 5.56 Å². The van der Waals surface area contributed by atoms with Gasteiger partial charge in [0.25, 0.3) is 5.91 Å². The summed E-state index contributed by atoms with van der Waals surface area (Å²) in [5, 5.41) is 2.49. The molecule has 0 bridgehead atoms. The summed E-state index contributed by atoms with van der Waals surface area (Å²) in [6.45, 7) is 7.48. The van der Waals surface area contributed by atoms with E-state index in [-0.39, 0.29) is 42.2 Å². The van der Waals surface area contributed by atoms with Crippen LogP contribution >= 0.6 is 0 Å². The molecule has 0 radical (unpaired) electrons. The Balaban J connectivity index is 1.66. The van der Waals surface area contributed by atoms with Gasteiger partial charge in [-0.05, 0) is 25.3 Å². The van der Waals surface area contributed by atoms with Crippen molar-refractivity contribution >= 4 is 23.7 Å². The maximum absolute atomic E-state index is 12.4. The van der Waals surface area contributed by atoms with E-state index in [9.17, 15) is 14.4 Å². The second-order valence-electron chi connectivity index (χ2n) is 7.77. The molecular weight excluding hydrogens is 426 g/mol. The standard InChI is InChI=1S/C24H27N3O6/c1-5-31-24(30)20-14(4)32-23(21(20)22(25)29)27-18(28)10-11-19-26-12-17(33-19)16-8-6-15(7-9-16)13(2)3/h6-9,12-13H,5,10-11H2,1-4H3,(H2,25,29)(H,27,28). The lowest BCUT2D eigenvalue weighted by molar-refractivity contribution is -0.116. The Labute approximate surface area is 191 Å². The smallest absolute Gasteiger partial charge is 0.342 e. The van der Waals surface area contributed by atoms with Crippen molar-refractivity contribution in [1.29, 1.82) is 0 Å². The van der Waals surface area contributed by atoms with Crippen molar-refractivity contribution in [3.63, 3.8) is 0 Å². The lowest BCUT2D eigenvalue weighted by Gasteiger charge is -2.05. The highest BCUT2D eigenvalue weighted by atomic mass is 16.5. The molecule has 174 valence electrons. The molecule has 3 aromatic rings. The van der Waals surface area contributed by atoms with Crippen LogP contribution in [0.3, 0.4) is 0 Å². The molecular formula is C24H27N3O6. The SMILES string of the molecule is CCOC(=O)c1c(C)oc(NC(=O)CCc2ncc(-c3ccc(C(C)C)cc3)o2)c1C(N)=O. The monoisotopic (exact) mass is 453 g/mol. The Bertz CT molecular complexity index is 1160. The number of carbonyl (C=O) groups excluding carboxylic acids is 3. The van der Waals surface area contributed by atoms with Crippen molar-refractivity contribution in [3.8, 4) is 11.3 Å². The molecule has 0 saturated carbocycles. The van der Waals surface area contributed by atoms with E-state index < -0.39 is 17.8 Å². The zero-order valence-electron chi connectivity index (χ0n) is 19.1. The average molecular weight is 453 g/mol. The van der Waals surface area contributed by atoms with E-state index in [4.69, 9.17) is 19.3 Å². The molecule has 2 aromatic heterocycles. The second-order valence-corrected chi connectivity index (χ2v) is 7.77. The lowest BCUT2D eigenvalue weighted by Crippen LogP contribution is -2.20. The Morgan fingerprint density at radius 1 is 1.12 bits per heavy atom. The third-order valence-corrected chi connectivity index (χ3v) is 5.04. The maximum atomic E-state index is 12.4. The minimum Gasteiger partial charge on any atom is -0.462 e. The third-order valence-electron chi connectivity index (χ3n) is 5.04. The van der Waals surface area contributed by atoms with Crippen LogP contribution in [0.15, 0.2) is 39.3 Å². The number of nitrogens with two attached hydrogens (primary N) is 1. The van der Waals surface area contributed by atoms with Gasteiger partial charge >= 0.3 is 5.97 Å². The summed E-state index contributed by atoms with van der Waals surface area (Å²) in [5.74, 6) is -0.743. The number of esters is 1. The van der Waals surface area contributed by atoms with Gasteiger partial charge in [-0.25, -0.2) is 9.78 Å². The molecule has 0 fully saturated rings. The van der Waals surface area contributed by atoms with Crippen molar-refractivity contribution in [2.24, 2.45) is 5.73 Å². The summed E-state index contributed by atoms with van der Waals surface area (Å²) in [4.78, 5) is 40.7. The fourth-order valence-electron chi connectivity index (χ4n) is 3.32. The number of primary amides is 1. The molecule has 9 nitrogen and oxygen atoms in total. The summed E-state index contributed by atoms with van der Waals surface area (Å²) in [6, 6.07) is 8.03. The van der Waals surface area contributed by atoms with Crippen LogP contribution in [0.1, 0.15) is 71.0 Å². The van der Waals surface area contributed by atoms with Gasteiger partial charge in [0, 0.05) is 18.4 Å². The third kappa shape index (κ3) is 5.49. The van der Waals surface area contributed by atoms with E-state index in [1.54, 1.807) is 13.1 Å². The normalized spacial score (nSPS) is 10.9. The molecule has 0 unspecified atom stereocenters. The zero-order chi connectivity index (χ0) is 24.1. The van der Waals surface area contributed by atoms with Crippen molar-refractivity contribution in [3.05, 3.63) is 58.8 Å². The largest absolute Gasteiger partial charge is 0.462 e. The molecule has 0 aliphatic heterocycles. The number of furan rings is 1. The molecule has 0 aliphatic rings. The van der Waals surface area contributed by atoms with Crippen LogP contribution in [0.25, 0.3) is 11.3 Å². The van der Waals surface area contributed by atoms with Crippen molar-refractivity contribution in [2.75, 3.05) is 11.9 Å². The van der Waals surface area contributed by atoms with Crippen LogP contribution in [0.2, 0.25) is 0 Å². The number of amides is 2. The summed E-state index contributed by atoms with van der Waals surface area (Å²) < 4.78 is 16.1. The molecule has 2 amide bonds. The number of hydrogen-bond donors (Lipinski definition) is 2. The average Bonchev–Trinajstić information content (AvgIpc) is 3.36. The summed E-state index contributed by atoms with van der Waals surface area (Å²) >= 11 is 0. The molecule has 3 rings (SSSR count). The van der Waals surface area contributed by atoms with Crippen LogP contribution in [0.4, 0.5) is 5.88 Å². The predicted molar refractivity (Wildman–Crippen MR) is 121 cm³/mol. The minimum atomic E-state index is -0.911. The van der Waals surface area contributed by atoms with Crippen molar-refractivity contribution in [1.82, 2.24) is 4.98 Å². The number of nitrogens with zero attached hydrogens (tertiary/aromatic N) is 1. The Kier molecular flexibility index (Phi) is 7.32. The van der Waals surface area contributed by atoms with Gasteiger partial charge in [0.2, 0.25) is 11.8 Å². The van der Waals surface area contributed by atoms with E-state index in [1.165, 1.54) is 12.5 Å². The van der Waals surface area contributed by atoms with E-state index in [2.05, 4.69) is 24.1 Å². The molecule has 9 heteroatoms. The van der Waals surface area contributed by atoms with Gasteiger partial charge in [-0.1, -0.05) is 38.1 Å². The molecule has 33 heavy (non-hydrogen) atoms. The molecule has 0 atom stereocenters. The minimum absolute atomic E-state index is 0.0128. The van der Waals surface area contributed by atoms with Crippen LogP contribution in [0.5, 0.6) is 0 Å². The lowest BCUT2D eigenvalue weighted by atomic mass is 10.0. The highest BCUT2D eigenvalue weighted by molar-refractivity contribution is 6.10. The maximum Gasteiger partial charge on any atom is 0.342 e. The fraction of sp³-hybridized carbons (Fsp3) is 0.333. The van der Waals surface area contributed by atoms with Crippen LogP contribution in [0, 0.1) is 6.92 Å². The first-order valence-corrected chi connectivity index (χ1v) is 10.7. The second kappa shape index (κ2) is 10.2. The van der Waals surface area contributed by atoms with Gasteiger partial charge in [0.05, 0.1) is 12.8 Å². The molecule has 3 N–H and O–H groups in total. The zero-order valence-corrected chi connectivity index (χ0v) is 19.1.